The van der Waals surface area contributed by atoms with E-state index in [9.17, 15) is 0 Å². The second-order valence-corrected chi connectivity index (χ2v) is 6.56. The summed E-state index contributed by atoms with van der Waals surface area (Å²) in [6.45, 7) is 7.54. The lowest BCUT2D eigenvalue weighted by atomic mass is 9.99. The van der Waals surface area contributed by atoms with Crippen molar-refractivity contribution < 1.29 is 0 Å². The van der Waals surface area contributed by atoms with E-state index in [2.05, 4.69) is 66.1 Å². The molecule has 3 nitrogen and oxygen atoms in total. The highest BCUT2D eigenvalue weighted by atomic mass is 15.1. The van der Waals surface area contributed by atoms with Crippen molar-refractivity contribution in [2.45, 2.75) is 58.2 Å². The summed E-state index contributed by atoms with van der Waals surface area (Å²) < 4.78 is 2.22. The zero-order valence-electron chi connectivity index (χ0n) is 13.3. The fourth-order valence-electron chi connectivity index (χ4n) is 3.16. The number of benzene rings is 1. The Morgan fingerprint density at radius 1 is 1.29 bits per heavy atom. The van der Waals surface area contributed by atoms with Gasteiger partial charge in [0.25, 0.3) is 0 Å². The molecule has 3 heteroatoms. The van der Waals surface area contributed by atoms with Gasteiger partial charge in [0.05, 0.1) is 0 Å². The summed E-state index contributed by atoms with van der Waals surface area (Å²) in [6.07, 6.45) is 7.66. The van der Waals surface area contributed by atoms with Crippen molar-refractivity contribution in [1.82, 2.24) is 14.9 Å². The fraction of sp³-hybridized carbons (Fsp3) is 0.500. The first kappa shape index (κ1) is 14.3. The molecule has 3 rings (SSSR count). The summed E-state index contributed by atoms with van der Waals surface area (Å²) in [5.41, 5.74) is 3.21. The molecular formula is C18H25N3. The van der Waals surface area contributed by atoms with Gasteiger partial charge in [-0.2, -0.15) is 0 Å². The van der Waals surface area contributed by atoms with E-state index in [1.807, 2.05) is 6.20 Å². The molecule has 21 heavy (non-hydrogen) atoms. The Balaban J connectivity index is 1.62. The van der Waals surface area contributed by atoms with Crippen molar-refractivity contribution >= 4 is 0 Å². The van der Waals surface area contributed by atoms with Gasteiger partial charge in [0.2, 0.25) is 0 Å². The molecule has 1 fully saturated rings. The van der Waals surface area contributed by atoms with Gasteiger partial charge in [-0.1, -0.05) is 24.3 Å². The summed E-state index contributed by atoms with van der Waals surface area (Å²) in [5.74, 6) is 1.09. The van der Waals surface area contributed by atoms with Crippen molar-refractivity contribution in [1.29, 1.82) is 0 Å². The predicted molar refractivity (Wildman–Crippen MR) is 86.4 cm³/mol. The highest BCUT2D eigenvalue weighted by Gasteiger charge is 2.43. The summed E-state index contributed by atoms with van der Waals surface area (Å²) in [7, 11) is 0. The molecule has 0 unspecified atom stereocenters. The van der Waals surface area contributed by atoms with E-state index in [4.69, 9.17) is 0 Å². The zero-order valence-corrected chi connectivity index (χ0v) is 13.3. The van der Waals surface area contributed by atoms with Crippen LogP contribution in [0.1, 0.15) is 36.7 Å². The Labute approximate surface area is 127 Å². The van der Waals surface area contributed by atoms with Crippen molar-refractivity contribution in [2.24, 2.45) is 0 Å². The lowest BCUT2D eigenvalue weighted by Crippen LogP contribution is -2.42. The van der Waals surface area contributed by atoms with Crippen LogP contribution in [0.2, 0.25) is 0 Å². The molecule has 0 amide bonds. The first-order valence-corrected chi connectivity index (χ1v) is 7.88. The standard InChI is InChI=1S/C18H25N3/c1-14-6-4-5-7-17(14)12-18(8-9-18)20-15(2)13-21-11-10-19-16(21)3/h4-7,10-11,15,20H,8-9,12-13H2,1-3H3/t15-/m0/s1. The summed E-state index contributed by atoms with van der Waals surface area (Å²) >= 11 is 0. The van der Waals surface area contributed by atoms with E-state index in [0.29, 0.717) is 11.6 Å². The van der Waals surface area contributed by atoms with E-state index >= 15 is 0 Å². The van der Waals surface area contributed by atoms with Gasteiger partial charge in [-0.05, 0) is 51.2 Å². The van der Waals surface area contributed by atoms with Gasteiger partial charge < -0.3 is 9.88 Å². The van der Waals surface area contributed by atoms with E-state index in [1.54, 1.807) is 0 Å². The molecule has 0 saturated heterocycles. The van der Waals surface area contributed by atoms with Crippen molar-refractivity contribution in [3.05, 3.63) is 53.6 Å². The molecule has 0 bridgehead atoms. The van der Waals surface area contributed by atoms with Crippen LogP contribution < -0.4 is 5.32 Å². The van der Waals surface area contributed by atoms with Crippen LogP contribution in [-0.2, 0) is 13.0 Å². The largest absolute Gasteiger partial charge is 0.334 e. The summed E-state index contributed by atoms with van der Waals surface area (Å²) in [6, 6.07) is 9.21. The molecule has 1 aromatic carbocycles. The molecule has 2 aromatic rings. The lowest BCUT2D eigenvalue weighted by Gasteiger charge is -2.24. The van der Waals surface area contributed by atoms with E-state index < -0.39 is 0 Å². The van der Waals surface area contributed by atoms with E-state index in [0.717, 1.165) is 18.8 Å². The van der Waals surface area contributed by atoms with Crippen LogP contribution in [0.25, 0.3) is 0 Å². The monoisotopic (exact) mass is 283 g/mol. The Bertz CT molecular complexity index is 610. The maximum atomic E-state index is 4.30. The number of nitrogens with zero attached hydrogens (tertiary/aromatic N) is 2. The SMILES string of the molecule is Cc1ccccc1CC1(N[C@@H](C)Cn2ccnc2C)CC1. The van der Waals surface area contributed by atoms with Crippen LogP contribution in [0.3, 0.4) is 0 Å². The van der Waals surface area contributed by atoms with Gasteiger partial charge in [-0.25, -0.2) is 4.98 Å². The third-order valence-electron chi connectivity index (χ3n) is 4.59. The first-order valence-electron chi connectivity index (χ1n) is 7.88. The number of nitrogens with one attached hydrogen (secondary N) is 1. The molecule has 0 spiro atoms. The van der Waals surface area contributed by atoms with Gasteiger partial charge in [0.1, 0.15) is 5.82 Å². The van der Waals surface area contributed by atoms with Gasteiger partial charge in [0.15, 0.2) is 0 Å². The molecule has 112 valence electrons. The van der Waals surface area contributed by atoms with Crippen molar-refractivity contribution in [2.75, 3.05) is 0 Å². The number of hydrogen-bond donors (Lipinski definition) is 1. The minimum atomic E-state index is 0.319. The molecule has 1 atom stereocenters. The first-order chi connectivity index (χ1) is 10.1. The van der Waals surface area contributed by atoms with Crippen LogP contribution in [0, 0.1) is 13.8 Å². The van der Waals surface area contributed by atoms with Gasteiger partial charge >= 0.3 is 0 Å². The minimum absolute atomic E-state index is 0.319. The highest BCUT2D eigenvalue weighted by molar-refractivity contribution is 5.29. The fourth-order valence-corrected chi connectivity index (χ4v) is 3.16. The number of rotatable bonds is 6. The van der Waals surface area contributed by atoms with Crippen LogP contribution >= 0.6 is 0 Å². The Kier molecular flexibility index (Phi) is 3.85. The second kappa shape index (κ2) is 5.64. The summed E-state index contributed by atoms with van der Waals surface area (Å²) in [5, 5.41) is 3.86. The number of aryl methyl sites for hydroxylation is 2. The molecule has 1 aromatic heterocycles. The lowest BCUT2D eigenvalue weighted by molar-refractivity contribution is 0.388. The normalized spacial score (nSPS) is 17.7. The van der Waals surface area contributed by atoms with Gasteiger partial charge in [0, 0.05) is 30.5 Å². The number of aromatic nitrogens is 2. The quantitative estimate of drug-likeness (QED) is 0.882. The third-order valence-corrected chi connectivity index (χ3v) is 4.59. The minimum Gasteiger partial charge on any atom is -0.334 e. The third kappa shape index (κ3) is 3.35. The molecule has 1 aliphatic rings. The molecular weight excluding hydrogens is 258 g/mol. The zero-order chi connectivity index (χ0) is 14.9. The van der Waals surface area contributed by atoms with Crippen molar-refractivity contribution in [3.63, 3.8) is 0 Å². The van der Waals surface area contributed by atoms with E-state index in [1.165, 1.54) is 24.0 Å². The maximum absolute atomic E-state index is 4.30. The van der Waals surface area contributed by atoms with Crippen LogP contribution in [0.4, 0.5) is 0 Å². The van der Waals surface area contributed by atoms with E-state index in [-0.39, 0.29) is 0 Å². The molecule has 0 aliphatic heterocycles. The summed E-state index contributed by atoms with van der Waals surface area (Å²) in [4.78, 5) is 4.30. The Hall–Kier alpha value is -1.61. The topological polar surface area (TPSA) is 29.9 Å². The molecule has 1 saturated carbocycles. The van der Waals surface area contributed by atoms with Gasteiger partial charge in [-0.15, -0.1) is 0 Å². The smallest absolute Gasteiger partial charge is 0.105 e. The highest BCUT2D eigenvalue weighted by Crippen LogP contribution is 2.39. The molecule has 1 heterocycles. The van der Waals surface area contributed by atoms with Gasteiger partial charge in [-0.3, -0.25) is 0 Å². The maximum Gasteiger partial charge on any atom is 0.105 e. The predicted octanol–water partition coefficient (Wildman–Crippen LogP) is 3.25. The van der Waals surface area contributed by atoms with Crippen molar-refractivity contribution in [3.8, 4) is 0 Å². The van der Waals surface area contributed by atoms with Crippen LogP contribution in [-0.4, -0.2) is 21.1 Å². The second-order valence-electron chi connectivity index (χ2n) is 6.56. The van der Waals surface area contributed by atoms with Crippen LogP contribution in [0.5, 0.6) is 0 Å². The average molecular weight is 283 g/mol. The number of imidazole rings is 1. The number of hydrogen-bond acceptors (Lipinski definition) is 2. The molecule has 1 aliphatic carbocycles. The molecule has 1 N–H and O–H groups in total. The molecule has 0 radical (unpaired) electrons. The average Bonchev–Trinajstić information content (AvgIpc) is 3.07. The Morgan fingerprint density at radius 3 is 2.67 bits per heavy atom. The van der Waals surface area contributed by atoms with Crippen LogP contribution in [0.15, 0.2) is 36.7 Å². The Morgan fingerprint density at radius 2 is 2.05 bits per heavy atom.